The number of rotatable bonds is 5. The van der Waals surface area contributed by atoms with Crippen LogP contribution in [-0.2, 0) is 9.47 Å². The highest BCUT2D eigenvalue weighted by Gasteiger charge is 2.29. The zero-order valence-corrected chi connectivity index (χ0v) is 9.35. The number of alkyl halides is 3. The predicted molar refractivity (Wildman–Crippen MR) is 53.3 cm³/mol. The molecule has 1 aliphatic rings. The molecule has 1 N–H and O–H groups in total. The molecule has 2 unspecified atom stereocenters. The monoisotopic (exact) mass is 241 g/mol. The first-order chi connectivity index (χ1) is 7.53. The summed E-state index contributed by atoms with van der Waals surface area (Å²) in [5.41, 5.74) is 0. The van der Waals surface area contributed by atoms with Gasteiger partial charge >= 0.3 is 6.18 Å². The maximum atomic E-state index is 11.9. The van der Waals surface area contributed by atoms with E-state index in [-0.39, 0.29) is 18.6 Å². The molecule has 2 atom stereocenters. The first kappa shape index (κ1) is 13.7. The van der Waals surface area contributed by atoms with Crippen LogP contribution in [0.1, 0.15) is 12.8 Å². The lowest BCUT2D eigenvalue weighted by molar-refractivity contribution is -0.176. The van der Waals surface area contributed by atoms with Crippen LogP contribution in [0.5, 0.6) is 0 Å². The van der Waals surface area contributed by atoms with Crippen molar-refractivity contribution in [3.63, 3.8) is 0 Å². The van der Waals surface area contributed by atoms with Gasteiger partial charge < -0.3 is 14.8 Å². The summed E-state index contributed by atoms with van der Waals surface area (Å²) in [6.45, 7) is 0.236. The fourth-order valence-electron chi connectivity index (χ4n) is 1.84. The number of nitrogens with one attached hydrogen (secondary N) is 1. The summed E-state index contributed by atoms with van der Waals surface area (Å²) in [4.78, 5) is 0. The van der Waals surface area contributed by atoms with E-state index in [1.54, 1.807) is 7.05 Å². The Bertz CT molecular complexity index is 193. The van der Waals surface area contributed by atoms with Crippen molar-refractivity contribution in [3.05, 3.63) is 0 Å². The van der Waals surface area contributed by atoms with Crippen LogP contribution in [0.25, 0.3) is 0 Å². The second-order valence-corrected chi connectivity index (χ2v) is 4.00. The Hall–Kier alpha value is -0.330. The zero-order valence-electron chi connectivity index (χ0n) is 9.35. The lowest BCUT2D eigenvalue weighted by Crippen LogP contribution is -2.42. The summed E-state index contributed by atoms with van der Waals surface area (Å²) in [6, 6.07) is -0.0670. The molecule has 0 aromatic rings. The van der Waals surface area contributed by atoms with E-state index in [1.807, 2.05) is 0 Å². The van der Waals surface area contributed by atoms with Crippen molar-refractivity contribution in [2.24, 2.45) is 5.92 Å². The van der Waals surface area contributed by atoms with Crippen LogP contribution in [-0.4, -0.2) is 45.7 Å². The third-order valence-electron chi connectivity index (χ3n) is 2.70. The summed E-state index contributed by atoms with van der Waals surface area (Å²) in [6.07, 6.45) is -2.32. The third kappa shape index (κ3) is 5.14. The number of likely N-dealkylation sites (N-methyl/N-ethyl adjacent to an activating group) is 1. The molecule has 0 bridgehead atoms. The second kappa shape index (κ2) is 6.42. The van der Waals surface area contributed by atoms with Crippen molar-refractivity contribution < 1.29 is 22.6 Å². The van der Waals surface area contributed by atoms with Gasteiger partial charge in [-0.15, -0.1) is 0 Å². The van der Waals surface area contributed by atoms with Gasteiger partial charge in [0.2, 0.25) is 0 Å². The van der Waals surface area contributed by atoms with E-state index in [1.165, 1.54) is 0 Å². The van der Waals surface area contributed by atoms with Gasteiger partial charge in [0, 0.05) is 12.6 Å². The summed E-state index contributed by atoms with van der Waals surface area (Å²) in [7, 11) is 1.73. The van der Waals surface area contributed by atoms with Gasteiger partial charge in [-0.2, -0.15) is 13.2 Å². The first-order valence-corrected chi connectivity index (χ1v) is 5.42. The Morgan fingerprint density at radius 1 is 1.50 bits per heavy atom. The van der Waals surface area contributed by atoms with Crippen LogP contribution < -0.4 is 5.32 Å². The molecule has 3 nitrogen and oxygen atoms in total. The van der Waals surface area contributed by atoms with Crippen LogP contribution in [0.2, 0.25) is 0 Å². The standard InChI is InChI=1S/C10H18F3NO2/c1-14-9(6-16-7-10(11,12)13)8-3-2-4-15-5-8/h8-9,14H,2-7H2,1H3. The van der Waals surface area contributed by atoms with Crippen LogP contribution in [0.3, 0.4) is 0 Å². The molecule has 0 aromatic heterocycles. The molecule has 0 saturated carbocycles. The molecule has 1 saturated heterocycles. The largest absolute Gasteiger partial charge is 0.411 e. The molecule has 6 heteroatoms. The first-order valence-electron chi connectivity index (χ1n) is 5.42. The molecule has 0 radical (unpaired) electrons. The lowest BCUT2D eigenvalue weighted by atomic mass is 9.94. The van der Waals surface area contributed by atoms with Gasteiger partial charge in [-0.05, 0) is 25.8 Å². The predicted octanol–water partition coefficient (Wildman–Crippen LogP) is 1.58. The molecule has 1 rings (SSSR count). The highest BCUT2D eigenvalue weighted by atomic mass is 19.4. The summed E-state index contributed by atoms with van der Waals surface area (Å²) in [5, 5.41) is 2.99. The average Bonchev–Trinajstić information content (AvgIpc) is 2.24. The zero-order chi connectivity index (χ0) is 12.0. The molecule has 1 heterocycles. The van der Waals surface area contributed by atoms with E-state index in [0.717, 1.165) is 19.4 Å². The Morgan fingerprint density at radius 3 is 2.75 bits per heavy atom. The van der Waals surface area contributed by atoms with Crippen molar-refractivity contribution in [1.82, 2.24) is 5.32 Å². The molecular formula is C10H18F3NO2. The second-order valence-electron chi connectivity index (χ2n) is 4.00. The van der Waals surface area contributed by atoms with E-state index < -0.39 is 12.8 Å². The summed E-state index contributed by atoms with van der Waals surface area (Å²) >= 11 is 0. The SMILES string of the molecule is CNC(COCC(F)(F)F)C1CCCOC1. The van der Waals surface area contributed by atoms with Crippen molar-refractivity contribution in [2.45, 2.75) is 25.1 Å². The smallest absolute Gasteiger partial charge is 0.381 e. The highest BCUT2D eigenvalue weighted by molar-refractivity contribution is 4.77. The number of hydrogen-bond donors (Lipinski definition) is 1. The molecular weight excluding hydrogens is 223 g/mol. The Morgan fingerprint density at radius 2 is 2.25 bits per heavy atom. The molecule has 0 aromatic carbocycles. The van der Waals surface area contributed by atoms with Gasteiger partial charge in [0.25, 0.3) is 0 Å². The Labute approximate surface area is 93.3 Å². The van der Waals surface area contributed by atoms with Crippen LogP contribution in [0.4, 0.5) is 13.2 Å². The van der Waals surface area contributed by atoms with E-state index in [0.29, 0.717) is 6.61 Å². The quantitative estimate of drug-likeness (QED) is 0.792. The lowest BCUT2D eigenvalue weighted by Gasteiger charge is -2.29. The van der Waals surface area contributed by atoms with Gasteiger partial charge in [0.15, 0.2) is 0 Å². The molecule has 16 heavy (non-hydrogen) atoms. The fraction of sp³-hybridized carbons (Fsp3) is 1.00. The van der Waals surface area contributed by atoms with Gasteiger partial charge in [-0.1, -0.05) is 0 Å². The van der Waals surface area contributed by atoms with E-state index >= 15 is 0 Å². The maximum absolute atomic E-state index is 11.9. The molecule has 1 aliphatic heterocycles. The van der Waals surface area contributed by atoms with Crippen LogP contribution >= 0.6 is 0 Å². The molecule has 1 fully saturated rings. The summed E-state index contributed by atoms with van der Waals surface area (Å²) < 4.78 is 45.6. The molecule has 0 aliphatic carbocycles. The fourth-order valence-corrected chi connectivity index (χ4v) is 1.84. The number of hydrogen-bond acceptors (Lipinski definition) is 3. The Balaban J connectivity index is 2.25. The Kier molecular flexibility index (Phi) is 5.51. The topological polar surface area (TPSA) is 30.5 Å². The van der Waals surface area contributed by atoms with Gasteiger partial charge in [-0.25, -0.2) is 0 Å². The van der Waals surface area contributed by atoms with Crippen molar-refractivity contribution in [3.8, 4) is 0 Å². The average molecular weight is 241 g/mol. The van der Waals surface area contributed by atoms with Crippen molar-refractivity contribution >= 4 is 0 Å². The number of halogens is 3. The van der Waals surface area contributed by atoms with Crippen molar-refractivity contribution in [1.29, 1.82) is 0 Å². The molecule has 0 amide bonds. The third-order valence-corrected chi connectivity index (χ3v) is 2.70. The van der Waals surface area contributed by atoms with Gasteiger partial charge in [0.05, 0.1) is 13.2 Å². The van der Waals surface area contributed by atoms with Gasteiger partial charge in [0.1, 0.15) is 6.61 Å². The number of ether oxygens (including phenoxy) is 2. The highest BCUT2D eigenvalue weighted by Crippen LogP contribution is 2.19. The van der Waals surface area contributed by atoms with Gasteiger partial charge in [-0.3, -0.25) is 0 Å². The van der Waals surface area contributed by atoms with E-state index in [2.05, 4.69) is 10.1 Å². The maximum Gasteiger partial charge on any atom is 0.411 e. The normalized spacial score (nSPS) is 24.4. The summed E-state index contributed by atoms with van der Waals surface area (Å²) in [5.74, 6) is 0.243. The van der Waals surface area contributed by atoms with Crippen LogP contribution in [0, 0.1) is 5.92 Å². The van der Waals surface area contributed by atoms with Crippen LogP contribution in [0.15, 0.2) is 0 Å². The van der Waals surface area contributed by atoms with E-state index in [9.17, 15) is 13.2 Å². The van der Waals surface area contributed by atoms with Crippen molar-refractivity contribution in [2.75, 3.05) is 33.5 Å². The van der Waals surface area contributed by atoms with E-state index in [4.69, 9.17) is 4.74 Å². The minimum absolute atomic E-state index is 0.0670. The minimum atomic E-state index is -4.25. The molecule has 0 spiro atoms. The molecule has 96 valence electrons. The minimum Gasteiger partial charge on any atom is -0.381 e.